The number of aromatic nitrogens is 1. The molecule has 1 amide bonds. The van der Waals surface area contributed by atoms with Crippen LogP contribution in [0, 0.1) is 12.3 Å². The first kappa shape index (κ1) is 27.6. The largest absolute Gasteiger partial charge is 0.493 e. The van der Waals surface area contributed by atoms with Crippen molar-refractivity contribution >= 4 is 17.7 Å². The smallest absolute Gasteiger partial charge is 0.337 e. The molecule has 2 fully saturated rings. The standard InChI is InChI=1S/C27H35N3O8/c1-15-7-24(28-9-19(15)26(35)36)29-10-18(11-29)38-23-8-17(5-6-22(23)37-4)20-12-30(25(34)21(33)13-31)14-27(20,3)16(2)32/h5-9,16,18,20-21,31-33H,10-14H2,1-4H3,(H,35,36)/t16?,20-,21?,27-/m0/s1. The molecule has 1 aromatic heterocycles. The predicted octanol–water partition coefficient (Wildman–Crippen LogP) is 1.03. The number of aliphatic hydroxyl groups excluding tert-OH is 3. The molecule has 2 aromatic rings. The number of carbonyl (C=O) groups is 2. The summed E-state index contributed by atoms with van der Waals surface area (Å²) in [5, 5.41) is 39.0. The Morgan fingerprint density at radius 2 is 1.89 bits per heavy atom. The molecule has 1 aromatic carbocycles. The second-order valence-electron chi connectivity index (χ2n) is 10.4. The van der Waals surface area contributed by atoms with Crippen molar-refractivity contribution in [1.29, 1.82) is 0 Å². The number of carbonyl (C=O) groups excluding carboxylic acids is 1. The van der Waals surface area contributed by atoms with Gasteiger partial charge in [-0.1, -0.05) is 13.0 Å². The molecule has 206 valence electrons. The van der Waals surface area contributed by atoms with Crippen LogP contribution in [0.15, 0.2) is 30.5 Å². The number of ether oxygens (including phenoxy) is 2. The fourth-order valence-corrected chi connectivity index (χ4v) is 5.20. The highest BCUT2D eigenvalue weighted by molar-refractivity contribution is 5.89. The molecule has 4 rings (SSSR count). The van der Waals surface area contributed by atoms with E-state index in [0.29, 0.717) is 36.0 Å². The number of hydrogen-bond donors (Lipinski definition) is 4. The number of methoxy groups -OCH3 is 1. The Labute approximate surface area is 221 Å². The van der Waals surface area contributed by atoms with Crippen LogP contribution in [0.25, 0.3) is 0 Å². The number of rotatable bonds is 9. The Morgan fingerprint density at radius 1 is 1.18 bits per heavy atom. The van der Waals surface area contributed by atoms with Crippen LogP contribution >= 0.6 is 0 Å². The number of likely N-dealkylation sites (tertiary alicyclic amines) is 1. The van der Waals surface area contributed by atoms with E-state index in [-0.39, 0.29) is 30.7 Å². The number of hydrogen-bond acceptors (Lipinski definition) is 9. The number of benzene rings is 1. The molecule has 0 radical (unpaired) electrons. The van der Waals surface area contributed by atoms with Gasteiger partial charge < -0.3 is 39.7 Å². The van der Waals surface area contributed by atoms with Crippen molar-refractivity contribution in [2.75, 3.05) is 44.8 Å². The van der Waals surface area contributed by atoms with Crippen LogP contribution < -0.4 is 14.4 Å². The topological polar surface area (TPSA) is 153 Å². The number of aryl methyl sites for hydroxylation is 1. The van der Waals surface area contributed by atoms with E-state index >= 15 is 0 Å². The number of anilines is 1. The maximum Gasteiger partial charge on any atom is 0.337 e. The van der Waals surface area contributed by atoms with Crippen LogP contribution in [-0.4, -0.2) is 100 Å². The van der Waals surface area contributed by atoms with Crippen LogP contribution in [0.3, 0.4) is 0 Å². The molecule has 0 aliphatic carbocycles. The Balaban J connectivity index is 1.51. The molecular weight excluding hydrogens is 494 g/mol. The number of carboxylic acid groups (broad SMARTS) is 1. The molecule has 2 aliphatic rings. The Morgan fingerprint density at radius 3 is 2.47 bits per heavy atom. The minimum absolute atomic E-state index is 0.148. The first-order chi connectivity index (χ1) is 18.0. The monoisotopic (exact) mass is 529 g/mol. The molecule has 2 unspecified atom stereocenters. The van der Waals surface area contributed by atoms with E-state index in [1.54, 1.807) is 33.1 Å². The lowest BCUT2D eigenvalue weighted by molar-refractivity contribution is -0.141. The molecule has 11 heteroatoms. The SMILES string of the molecule is COc1ccc([C@@H]2CN(C(=O)C(O)CO)C[C@@]2(C)C(C)O)cc1OC1CN(c2cc(C)c(C(=O)O)cn2)C1. The van der Waals surface area contributed by atoms with Crippen LogP contribution in [-0.2, 0) is 4.79 Å². The van der Waals surface area contributed by atoms with E-state index in [9.17, 15) is 30.0 Å². The van der Waals surface area contributed by atoms with Crippen molar-refractivity contribution in [2.45, 2.75) is 45.0 Å². The summed E-state index contributed by atoms with van der Waals surface area (Å²) < 4.78 is 11.8. The summed E-state index contributed by atoms with van der Waals surface area (Å²) in [6.07, 6.45) is -1.03. The minimum Gasteiger partial charge on any atom is -0.493 e. The summed E-state index contributed by atoms with van der Waals surface area (Å²) in [7, 11) is 1.55. The quantitative estimate of drug-likeness (QED) is 0.370. The van der Waals surface area contributed by atoms with Crippen molar-refractivity contribution in [3.63, 3.8) is 0 Å². The second-order valence-corrected chi connectivity index (χ2v) is 10.4. The van der Waals surface area contributed by atoms with Gasteiger partial charge in [0.15, 0.2) is 17.6 Å². The van der Waals surface area contributed by atoms with Crippen LogP contribution in [0.1, 0.15) is 41.3 Å². The molecule has 4 N–H and O–H groups in total. The second kappa shape index (κ2) is 10.8. The molecule has 11 nitrogen and oxygen atoms in total. The third-order valence-corrected chi connectivity index (χ3v) is 7.84. The van der Waals surface area contributed by atoms with E-state index in [2.05, 4.69) is 4.98 Å². The lowest BCUT2D eigenvalue weighted by Crippen LogP contribution is -2.54. The van der Waals surface area contributed by atoms with E-state index in [1.807, 2.05) is 24.0 Å². The number of aromatic carboxylic acids is 1. The van der Waals surface area contributed by atoms with Gasteiger partial charge in [0.25, 0.3) is 5.91 Å². The average molecular weight is 530 g/mol. The van der Waals surface area contributed by atoms with Gasteiger partial charge >= 0.3 is 5.97 Å². The summed E-state index contributed by atoms with van der Waals surface area (Å²) in [6, 6.07) is 7.30. The number of nitrogens with zero attached hydrogens (tertiary/aromatic N) is 3. The van der Waals surface area contributed by atoms with Crippen molar-refractivity contribution < 1.29 is 39.5 Å². The number of carboxylic acids is 1. The maximum atomic E-state index is 12.6. The van der Waals surface area contributed by atoms with Gasteiger partial charge in [-0.3, -0.25) is 4.79 Å². The fourth-order valence-electron chi connectivity index (χ4n) is 5.20. The molecule has 0 bridgehead atoms. The van der Waals surface area contributed by atoms with Crippen molar-refractivity contribution in [3.8, 4) is 11.5 Å². The van der Waals surface area contributed by atoms with Gasteiger partial charge in [-0.15, -0.1) is 0 Å². The van der Waals surface area contributed by atoms with E-state index in [4.69, 9.17) is 9.47 Å². The van der Waals surface area contributed by atoms with Gasteiger partial charge in [-0.05, 0) is 43.2 Å². The summed E-state index contributed by atoms with van der Waals surface area (Å²) in [6.45, 7) is 6.29. The van der Waals surface area contributed by atoms with Gasteiger partial charge in [-0.25, -0.2) is 9.78 Å². The van der Waals surface area contributed by atoms with Crippen LogP contribution in [0.4, 0.5) is 5.82 Å². The van der Waals surface area contributed by atoms with E-state index in [0.717, 1.165) is 5.56 Å². The Hall–Kier alpha value is -3.41. The summed E-state index contributed by atoms with van der Waals surface area (Å²) in [4.78, 5) is 31.6. The molecule has 2 aliphatic heterocycles. The molecule has 4 atom stereocenters. The van der Waals surface area contributed by atoms with Crippen molar-refractivity contribution in [1.82, 2.24) is 9.88 Å². The number of pyridine rings is 1. The lowest BCUT2D eigenvalue weighted by atomic mass is 9.72. The van der Waals surface area contributed by atoms with E-state index < -0.39 is 36.1 Å². The van der Waals surface area contributed by atoms with Gasteiger partial charge in [0.05, 0.1) is 38.5 Å². The van der Waals surface area contributed by atoms with Gasteiger partial charge in [0.1, 0.15) is 11.9 Å². The highest BCUT2D eigenvalue weighted by Crippen LogP contribution is 2.47. The van der Waals surface area contributed by atoms with E-state index in [1.165, 1.54) is 11.1 Å². The third kappa shape index (κ3) is 5.13. The fraction of sp³-hybridized carbons (Fsp3) is 0.519. The van der Waals surface area contributed by atoms with Crippen molar-refractivity contribution in [2.24, 2.45) is 5.41 Å². The number of amides is 1. The lowest BCUT2D eigenvalue weighted by Gasteiger charge is -2.40. The first-order valence-electron chi connectivity index (χ1n) is 12.5. The molecule has 38 heavy (non-hydrogen) atoms. The number of aliphatic hydroxyl groups is 3. The first-order valence-corrected chi connectivity index (χ1v) is 12.5. The summed E-state index contributed by atoms with van der Waals surface area (Å²) in [5.74, 6) is -0.0588. The molecule has 0 saturated carbocycles. The highest BCUT2D eigenvalue weighted by Gasteiger charge is 2.49. The van der Waals surface area contributed by atoms with Crippen molar-refractivity contribution in [3.05, 3.63) is 47.2 Å². The molecule has 0 spiro atoms. The molecule has 3 heterocycles. The molecule has 2 saturated heterocycles. The summed E-state index contributed by atoms with van der Waals surface area (Å²) >= 11 is 0. The van der Waals surface area contributed by atoms with Gasteiger partial charge in [0, 0.05) is 30.6 Å². The highest BCUT2D eigenvalue weighted by atomic mass is 16.5. The average Bonchev–Trinajstić information content (AvgIpc) is 3.23. The zero-order valence-corrected chi connectivity index (χ0v) is 22.0. The third-order valence-electron chi connectivity index (χ3n) is 7.84. The predicted molar refractivity (Wildman–Crippen MR) is 138 cm³/mol. The Kier molecular flexibility index (Phi) is 7.82. The minimum atomic E-state index is -1.50. The zero-order chi connectivity index (χ0) is 27.8. The Bertz CT molecular complexity index is 1200. The maximum absolute atomic E-state index is 12.6. The van der Waals surface area contributed by atoms with Gasteiger partial charge in [-0.2, -0.15) is 0 Å². The van der Waals surface area contributed by atoms with Gasteiger partial charge in [0.2, 0.25) is 0 Å². The van der Waals surface area contributed by atoms with Crippen LogP contribution in [0.2, 0.25) is 0 Å². The zero-order valence-electron chi connectivity index (χ0n) is 22.0. The summed E-state index contributed by atoms with van der Waals surface area (Å²) in [5.41, 5.74) is 0.981. The van der Waals surface area contributed by atoms with Crippen LogP contribution in [0.5, 0.6) is 11.5 Å². The normalized spacial score (nSPS) is 23.1. The molecular formula is C27H35N3O8.